The highest BCUT2D eigenvalue weighted by Crippen LogP contribution is 2.43. The fourth-order valence-corrected chi connectivity index (χ4v) is 6.72. The van der Waals surface area contributed by atoms with Gasteiger partial charge in [-0.3, -0.25) is 14.4 Å². The molecule has 1 aliphatic heterocycles. The van der Waals surface area contributed by atoms with Gasteiger partial charge in [0.2, 0.25) is 11.8 Å². The Morgan fingerprint density at radius 2 is 1.60 bits per heavy atom. The SMILES string of the molecule is CCCCCC1(CCCCC)OC2C=C(C(=O)NC(C(=O)NC(CO)CCC(=O)OC(C)(C)C)C(C)O)CC(OC(=O)c3ccc(C=CC(=O)OCC(F)(F)F)cc3)C2O1. The molecule has 14 nitrogen and oxygen atoms in total. The van der Waals surface area contributed by atoms with Crippen molar-refractivity contribution < 1.29 is 71.0 Å². The van der Waals surface area contributed by atoms with E-state index in [1.807, 2.05) is 0 Å². The summed E-state index contributed by atoms with van der Waals surface area (Å²) in [7, 11) is 0. The van der Waals surface area contributed by atoms with Gasteiger partial charge in [-0.2, -0.15) is 13.2 Å². The molecule has 0 saturated carbocycles. The van der Waals surface area contributed by atoms with Crippen molar-refractivity contribution in [1.82, 2.24) is 10.6 Å². The molecule has 6 unspecified atom stereocenters. The minimum absolute atomic E-state index is 0.0356. The topological polar surface area (TPSA) is 196 Å². The number of halogens is 3. The van der Waals surface area contributed by atoms with Crippen molar-refractivity contribution >= 4 is 35.8 Å². The normalized spacial score (nSPS) is 20.3. The average Bonchev–Trinajstić information content (AvgIpc) is 3.54. The van der Waals surface area contributed by atoms with Crippen LogP contribution in [0.4, 0.5) is 13.2 Å². The highest BCUT2D eigenvalue weighted by molar-refractivity contribution is 5.98. The molecule has 3 rings (SSSR count). The van der Waals surface area contributed by atoms with E-state index in [1.54, 1.807) is 26.8 Å². The quantitative estimate of drug-likeness (QED) is 0.0477. The van der Waals surface area contributed by atoms with Crippen molar-refractivity contribution in [3.63, 3.8) is 0 Å². The fourth-order valence-electron chi connectivity index (χ4n) is 6.72. The molecule has 1 fully saturated rings. The first-order valence-electron chi connectivity index (χ1n) is 20.6. The maximum Gasteiger partial charge on any atom is 0.422 e. The molecule has 1 aromatic rings. The largest absolute Gasteiger partial charge is 0.460 e. The Kier molecular flexibility index (Phi) is 19.2. The number of fused-ring (bicyclic) bond motifs is 1. The van der Waals surface area contributed by atoms with Crippen LogP contribution in [-0.2, 0) is 42.9 Å². The molecular weight excluding hydrogens is 793 g/mol. The van der Waals surface area contributed by atoms with Crippen LogP contribution in [0.1, 0.15) is 128 Å². The monoisotopic (exact) mass is 854 g/mol. The molecule has 0 bridgehead atoms. The molecule has 336 valence electrons. The summed E-state index contributed by atoms with van der Waals surface area (Å²) in [6, 6.07) is 3.34. The lowest BCUT2D eigenvalue weighted by Gasteiger charge is -2.31. The first kappa shape index (κ1) is 50.0. The van der Waals surface area contributed by atoms with E-state index in [9.17, 15) is 47.4 Å². The highest BCUT2D eigenvalue weighted by atomic mass is 19.4. The molecule has 1 aliphatic carbocycles. The van der Waals surface area contributed by atoms with Crippen molar-refractivity contribution in [2.24, 2.45) is 0 Å². The van der Waals surface area contributed by atoms with Crippen LogP contribution in [0.5, 0.6) is 0 Å². The molecule has 60 heavy (non-hydrogen) atoms. The van der Waals surface area contributed by atoms with Crippen LogP contribution in [-0.4, -0.2) is 107 Å². The zero-order valence-electron chi connectivity index (χ0n) is 35.3. The van der Waals surface area contributed by atoms with Crippen LogP contribution in [0.25, 0.3) is 6.08 Å². The average molecular weight is 855 g/mol. The summed E-state index contributed by atoms with van der Waals surface area (Å²) in [4.78, 5) is 64.8. The third-order valence-corrected chi connectivity index (χ3v) is 9.72. The maximum atomic E-state index is 13.9. The number of esters is 3. The first-order chi connectivity index (χ1) is 28.2. The van der Waals surface area contributed by atoms with Gasteiger partial charge in [-0.05, 0) is 76.8 Å². The number of alkyl halides is 3. The molecular formula is C43H61F3N2O12. The van der Waals surface area contributed by atoms with Crippen LogP contribution in [0.3, 0.4) is 0 Å². The summed E-state index contributed by atoms with van der Waals surface area (Å²) in [6.45, 7) is 8.35. The summed E-state index contributed by atoms with van der Waals surface area (Å²) in [6.07, 6.45) is 1.24. The summed E-state index contributed by atoms with van der Waals surface area (Å²) in [5, 5.41) is 25.7. The standard InChI is InChI=1S/C43H61F3N2O12/c1-7-9-11-21-42(22-12-10-8-2)58-33-24-30(38(53)48-36(27(3)50)39(54)47-31(25-49)18-20-35(52)59-41(4,5)6)23-32(37(33)60-42)57-40(55)29-16-13-28(14-17-29)15-19-34(51)56-26-43(44,45)46/h13-17,19,24,27,31-33,36-37,49-50H,7-12,18,20-23,25-26H2,1-6H3,(H,47,54)(H,48,53). The van der Waals surface area contributed by atoms with Gasteiger partial charge in [0.15, 0.2) is 12.4 Å². The molecule has 1 aromatic carbocycles. The van der Waals surface area contributed by atoms with Gasteiger partial charge in [-0.15, -0.1) is 0 Å². The zero-order chi connectivity index (χ0) is 44.7. The smallest absolute Gasteiger partial charge is 0.422 e. The van der Waals surface area contributed by atoms with Crippen LogP contribution in [0.15, 0.2) is 42.0 Å². The summed E-state index contributed by atoms with van der Waals surface area (Å²) >= 11 is 0. The molecule has 0 radical (unpaired) electrons. The Bertz CT molecular complexity index is 1650. The summed E-state index contributed by atoms with van der Waals surface area (Å²) < 4.78 is 65.8. The number of hydrogen-bond donors (Lipinski definition) is 4. The van der Waals surface area contributed by atoms with E-state index >= 15 is 0 Å². The number of amides is 2. The second-order valence-electron chi connectivity index (χ2n) is 16.2. The van der Waals surface area contributed by atoms with E-state index in [0.29, 0.717) is 18.4 Å². The van der Waals surface area contributed by atoms with Gasteiger partial charge in [-0.25, -0.2) is 9.59 Å². The Morgan fingerprint density at radius 1 is 0.967 bits per heavy atom. The summed E-state index contributed by atoms with van der Waals surface area (Å²) in [5.41, 5.74) is -0.135. The number of carbonyl (C=O) groups is 5. The minimum Gasteiger partial charge on any atom is -0.460 e. The Hall–Kier alpha value is -4.32. The van der Waals surface area contributed by atoms with Gasteiger partial charge < -0.3 is 44.5 Å². The number of carbonyl (C=O) groups excluding carboxylic acids is 5. The summed E-state index contributed by atoms with van der Waals surface area (Å²) in [5.74, 6) is -5.05. The van der Waals surface area contributed by atoms with Gasteiger partial charge in [0.25, 0.3) is 0 Å². The second kappa shape index (κ2) is 23.0. The number of unbranched alkanes of at least 4 members (excludes halogenated alkanes) is 4. The van der Waals surface area contributed by atoms with E-state index in [4.69, 9.17) is 18.9 Å². The van der Waals surface area contributed by atoms with Crippen molar-refractivity contribution in [1.29, 1.82) is 0 Å². The van der Waals surface area contributed by atoms with E-state index < -0.39 is 97.0 Å². The van der Waals surface area contributed by atoms with Gasteiger partial charge in [0, 0.05) is 37.3 Å². The third kappa shape index (κ3) is 16.6. The lowest BCUT2D eigenvalue weighted by Crippen LogP contribution is -2.55. The van der Waals surface area contributed by atoms with Crippen molar-refractivity contribution in [2.75, 3.05) is 13.2 Å². The number of aliphatic hydroxyl groups excluding tert-OH is 2. The van der Waals surface area contributed by atoms with Gasteiger partial charge in [0.05, 0.1) is 24.3 Å². The molecule has 0 spiro atoms. The Balaban J connectivity index is 1.83. The fraction of sp³-hybridized carbons (Fsp3) is 0.651. The molecule has 0 aromatic heterocycles. The van der Waals surface area contributed by atoms with E-state index in [-0.39, 0.29) is 30.4 Å². The molecule has 2 aliphatic rings. The predicted octanol–water partition coefficient (Wildman–Crippen LogP) is 5.77. The second-order valence-corrected chi connectivity index (χ2v) is 16.2. The molecule has 2 amide bonds. The Morgan fingerprint density at radius 3 is 2.15 bits per heavy atom. The van der Waals surface area contributed by atoms with Crippen LogP contribution >= 0.6 is 0 Å². The third-order valence-electron chi connectivity index (χ3n) is 9.72. The predicted molar refractivity (Wildman–Crippen MR) is 213 cm³/mol. The Labute approximate surface area is 349 Å². The van der Waals surface area contributed by atoms with Crippen molar-refractivity contribution in [3.8, 4) is 0 Å². The molecule has 1 heterocycles. The molecule has 6 atom stereocenters. The van der Waals surface area contributed by atoms with E-state index in [0.717, 1.165) is 44.6 Å². The number of hydrogen-bond acceptors (Lipinski definition) is 12. The maximum absolute atomic E-state index is 13.9. The number of benzene rings is 1. The van der Waals surface area contributed by atoms with Gasteiger partial charge in [-0.1, -0.05) is 51.7 Å². The van der Waals surface area contributed by atoms with Crippen LogP contribution < -0.4 is 10.6 Å². The lowest BCUT2D eigenvalue weighted by molar-refractivity contribution is -0.190. The lowest BCUT2D eigenvalue weighted by atomic mass is 9.91. The van der Waals surface area contributed by atoms with Crippen molar-refractivity contribution in [3.05, 3.63) is 53.1 Å². The number of ether oxygens (including phenoxy) is 5. The molecule has 4 N–H and O–H groups in total. The number of rotatable bonds is 22. The van der Waals surface area contributed by atoms with E-state index in [2.05, 4.69) is 29.2 Å². The van der Waals surface area contributed by atoms with Crippen LogP contribution in [0, 0.1) is 0 Å². The van der Waals surface area contributed by atoms with Gasteiger partial charge in [0.1, 0.15) is 30.0 Å². The van der Waals surface area contributed by atoms with E-state index in [1.165, 1.54) is 37.3 Å². The number of aliphatic hydroxyl groups is 2. The van der Waals surface area contributed by atoms with Gasteiger partial charge >= 0.3 is 24.1 Å². The zero-order valence-corrected chi connectivity index (χ0v) is 35.3. The molecule has 17 heteroatoms. The number of nitrogens with one attached hydrogen (secondary N) is 2. The molecule has 1 saturated heterocycles. The van der Waals surface area contributed by atoms with Crippen molar-refractivity contribution in [2.45, 2.75) is 166 Å². The highest BCUT2D eigenvalue weighted by Gasteiger charge is 2.52. The first-order valence-corrected chi connectivity index (χ1v) is 20.6. The van der Waals surface area contributed by atoms with Crippen LogP contribution in [0.2, 0.25) is 0 Å². The minimum atomic E-state index is -4.67.